The lowest BCUT2D eigenvalue weighted by molar-refractivity contribution is 0.217. The summed E-state index contributed by atoms with van der Waals surface area (Å²) in [5.41, 5.74) is 0. The van der Waals surface area contributed by atoms with E-state index in [2.05, 4.69) is 52.3 Å². The zero-order chi connectivity index (χ0) is 12.8. The van der Waals surface area contributed by atoms with Crippen molar-refractivity contribution < 1.29 is 4.43 Å². The average Bonchev–Trinajstić information content (AvgIpc) is 2.14. The molecule has 2 heteroatoms. The van der Waals surface area contributed by atoms with Crippen LogP contribution in [0.25, 0.3) is 0 Å². The molecule has 0 aliphatic rings. The van der Waals surface area contributed by atoms with Crippen LogP contribution in [0.15, 0.2) is 12.7 Å². The van der Waals surface area contributed by atoms with E-state index in [-0.39, 0.29) is 11.1 Å². The lowest BCUT2D eigenvalue weighted by Gasteiger charge is -2.38. The number of hydrogen-bond acceptors (Lipinski definition) is 1. The second-order valence-corrected chi connectivity index (χ2v) is 10.4. The van der Waals surface area contributed by atoms with E-state index in [1.807, 2.05) is 13.0 Å². The van der Waals surface area contributed by atoms with E-state index >= 15 is 0 Å². The summed E-state index contributed by atoms with van der Waals surface area (Å²) in [6.07, 6.45) is 3.91. The molecule has 0 bridgehead atoms. The molecule has 0 saturated heterocycles. The van der Waals surface area contributed by atoms with Crippen LogP contribution in [0.5, 0.6) is 0 Å². The van der Waals surface area contributed by atoms with Crippen molar-refractivity contribution in [1.82, 2.24) is 0 Å². The van der Waals surface area contributed by atoms with E-state index in [0.29, 0.717) is 0 Å². The zero-order valence-electron chi connectivity index (χ0n) is 11.7. The van der Waals surface area contributed by atoms with E-state index in [4.69, 9.17) is 4.43 Å². The van der Waals surface area contributed by atoms with Crippen LogP contribution in [-0.2, 0) is 4.43 Å². The normalized spacial score (nSPS) is 13.9. The smallest absolute Gasteiger partial charge is 0.192 e. The summed E-state index contributed by atoms with van der Waals surface area (Å²) in [5, 5.41) is 0.255. The largest absolute Gasteiger partial charge is 0.411 e. The minimum absolute atomic E-state index is 0.154. The zero-order valence-corrected chi connectivity index (χ0v) is 12.7. The van der Waals surface area contributed by atoms with Gasteiger partial charge in [0.2, 0.25) is 0 Å². The van der Waals surface area contributed by atoms with Crippen LogP contribution in [0.3, 0.4) is 0 Å². The maximum Gasteiger partial charge on any atom is 0.192 e. The molecule has 0 aromatic rings. The molecule has 0 amide bonds. The van der Waals surface area contributed by atoms with E-state index in [1.165, 1.54) is 0 Å². The molecule has 0 radical (unpaired) electrons. The first-order valence-corrected chi connectivity index (χ1v) is 8.85. The second kappa shape index (κ2) is 6.27. The molecular weight excluding hydrogens is 212 g/mol. The molecule has 0 N–H and O–H groups in total. The summed E-state index contributed by atoms with van der Waals surface area (Å²) in [7, 11) is -1.67. The van der Waals surface area contributed by atoms with Crippen molar-refractivity contribution in [2.45, 2.75) is 64.8 Å². The van der Waals surface area contributed by atoms with Crippen LogP contribution < -0.4 is 0 Å². The summed E-state index contributed by atoms with van der Waals surface area (Å²) in [6.45, 7) is 17.0. The van der Waals surface area contributed by atoms with Crippen molar-refractivity contribution in [3.63, 3.8) is 0 Å². The second-order valence-electron chi connectivity index (χ2n) is 5.62. The monoisotopic (exact) mass is 238 g/mol. The highest BCUT2D eigenvalue weighted by molar-refractivity contribution is 6.74. The van der Waals surface area contributed by atoms with E-state index in [1.54, 1.807) is 0 Å². The Bertz CT molecular complexity index is 275. The molecule has 0 aromatic heterocycles. The molecule has 92 valence electrons. The van der Waals surface area contributed by atoms with Crippen molar-refractivity contribution in [2.24, 2.45) is 0 Å². The highest BCUT2D eigenvalue weighted by atomic mass is 28.4. The molecule has 1 atom stereocenters. The van der Waals surface area contributed by atoms with Crippen LogP contribution >= 0.6 is 0 Å². The van der Waals surface area contributed by atoms with Crippen molar-refractivity contribution in [1.29, 1.82) is 0 Å². The van der Waals surface area contributed by atoms with Gasteiger partial charge in [0.25, 0.3) is 0 Å². The standard InChI is InChI=1S/C14H26OSi/c1-8-10-11-12-13(9-2)15-16(6,7)14(3,4)5/h9,13H,2,11-12H2,1,3-7H3/t13-/m1/s1. The van der Waals surface area contributed by atoms with Gasteiger partial charge < -0.3 is 4.43 Å². The van der Waals surface area contributed by atoms with Gasteiger partial charge in [-0.15, -0.1) is 18.4 Å². The van der Waals surface area contributed by atoms with Crippen LogP contribution in [0.4, 0.5) is 0 Å². The molecule has 0 heterocycles. The van der Waals surface area contributed by atoms with Gasteiger partial charge in [0, 0.05) is 6.42 Å². The molecule has 0 aromatic carbocycles. The van der Waals surface area contributed by atoms with Gasteiger partial charge in [0.1, 0.15) is 0 Å². The molecule has 0 saturated carbocycles. The van der Waals surface area contributed by atoms with Gasteiger partial charge in [-0.1, -0.05) is 26.8 Å². The van der Waals surface area contributed by atoms with Crippen molar-refractivity contribution >= 4 is 8.32 Å². The minimum Gasteiger partial charge on any atom is -0.411 e. The van der Waals surface area contributed by atoms with Gasteiger partial charge in [0.05, 0.1) is 6.10 Å². The highest BCUT2D eigenvalue weighted by Crippen LogP contribution is 2.37. The molecule has 0 unspecified atom stereocenters. The van der Waals surface area contributed by atoms with E-state index in [0.717, 1.165) is 12.8 Å². The van der Waals surface area contributed by atoms with Crippen molar-refractivity contribution in [3.05, 3.63) is 12.7 Å². The summed E-state index contributed by atoms with van der Waals surface area (Å²) in [6, 6.07) is 0. The third-order valence-electron chi connectivity index (χ3n) is 3.25. The minimum atomic E-state index is -1.67. The maximum atomic E-state index is 6.25. The van der Waals surface area contributed by atoms with Gasteiger partial charge >= 0.3 is 0 Å². The number of hydrogen-bond donors (Lipinski definition) is 0. The van der Waals surface area contributed by atoms with Crippen molar-refractivity contribution in [2.75, 3.05) is 0 Å². The van der Waals surface area contributed by atoms with Crippen LogP contribution in [-0.4, -0.2) is 14.4 Å². The molecule has 0 rings (SSSR count). The first-order chi connectivity index (χ1) is 7.24. The topological polar surface area (TPSA) is 9.23 Å². The Morgan fingerprint density at radius 2 is 1.94 bits per heavy atom. The van der Waals surface area contributed by atoms with Crippen LogP contribution in [0, 0.1) is 11.8 Å². The van der Waals surface area contributed by atoms with Crippen molar-refractivity contribution in [3.8, 4) is 11.8 Å². The predicted octanol–water partition coefficient (Wildman–Crippen LogP) is 4.37. The molecule has 0 aliphatic heterocycles. The van der Waals surface area contributed by atoms with Gasteiger partial charge in [0.15, 0.2) is 8.32 Å². The summed E-state index contributed by atoms with van der Waals surface area (Å²) in [5.74, 6) is 5.99. The van der Waals surface area contributed by atoms with E-state index in [9.17, 15) is 0 Å². The highest BCUT2D eigenvalue weighted by Gasteiger charge is 2.38. The van der Waals surface area contributed by atoms with E-state index < -0.39 is 8.32 Å². The SMILES string of the molecule is C=C[C@H](CCC#CC)O[Si](C)(C)C(C)(C)C. The van der Waals surface area contributed by atoms with Gasteiger partial charge in [-0.25, -0.2) is 0 Å². The quantitative estimate of drug-likeness (QED) is 0.393. The van der Waals surface area contributed by atoms with Gasteiger partial charge in [-0.3, -0.25) is 0 Å². The van der Waals surface area contributed by atoms with Crippen LogP contribution in [0.2, 0.25) is 18.1 Å². The van der Waals surface area contributed by atoms with Gasteiger partial charge in [-0.05, 0) is 31.5 Å². The predicted molar refractivity (Wildman–Crippen MR) is 75.0 cm³/mol. The Kier molecular flexibility index (Phi) is 6.07. The maximum absolute atomic E-state index is 6.25. The molecule has 1 nitrogen and oxygen atoms in total. The average molecular weight is 238 g/mol. The molecular formula is C14H26OSi. The Morgan fingerprint density at radius 3 is 2.31 bits per heavy atom. The first kappa shape index (κ1) is 15.5. The molecule has 16 heavy (non-hydrogen) atoms. The Balaban J connectivity index is 4.40. The van der Waals surface area contributed by atoms with Crippen LogP contribution in [0.1, 0.15) is 40.5 Å². The summed E-state index contributed by atoms with van der Waals surface area (Å²) < 4.78 is 6.25. The van der Waals surface area contributed by atoms with Gasteiger partial charge in [-0.2, -0.15) is 0 Å². The summed E-state index contributed by atoms with van der Waals surface area (Å²) >= 11 is 0. The molecule has 0 fully saturated rings. The Labute approximate surface area is 102 Å². The third kappa shape index (κ3) is 5.00. The first-order valence-electron chi connectivity index (χ1n) is 5.94. The lowest BCUT2D eigenvalue weighted by Crippen LogP contribution is -2.43. The fourth-order valence-electron chi connectivity index (χ4n) is 1.12. The Hall–Kier alpha value is -0.523. The molecule has 0 aliphatic carbocycles. The Morgan fingerprint density at radius 1 is 1.38 bits per heavy atom. The number of rotatable bonds is 5. The molecule has 0 spiro atoms. The fraction of sp³-hybridized carbons (Fsp3) is 0.714. The fourth-order valence-corrected chi connectivity index (χ4v) is 2.44. The third-order valence-corrected chi connectivity index (χ3v) is 7.75. The summed E-state index contributed by atoms with van der Waals surface area (Å²) in [4.78, 5) is 0. The lowest BCUT2D eigenvalue weighted by atomic mass is 10.2.